The fraction of sp³-hybridized carbons (Fsp3) is 0. The molecule has 0 aliphatic heterocycles. The Balaban J connectivity index is 2.73. The SMILES string of the molecule is O=C(c1ccccc1)c1c(O)cc([N+](=O)[O-])c([N+](=O)[O-])c1O. The third-order valence-electron chi connectivity index (χ3n) is 2.88. The Morgan fingerprint density at radius 3 is 2.09 bits per heavy atom. The molecule has 112 valence electrons. The third kappa shape index (κ3) is 2.42. The zero-order valence-electron chi connectivity index (χ0n) is 10.8. The van der Waals surface area contributed by atoms with Crippen molar-refractivity contribution in [1.29, 1.82) is 0 Å². The van der Waals surface area contributed by atoms with E-state index >= 15 is 0 Å². The van der Waals surface area contributed by atoms with Crippen LogP contribution in [0.25, 0.3) is 0 Å². The fourth-order valence-corrected chi connectivity index (χ4v) is 1.91. The van der Waals surface area contributed by atoms with E-state index in [2.05, 4.69) is 0 Å². The summed E-state index contributed by atoms with van der Waals surface area (Å²) in [5, 5.41) is 41.3. The second kappa shape index (κ2) is 5.48. The number of carbonyl (C=O) groups excluding carboxylic acids is 1. The Hall–Kier alpha value is -3.49. The first-order valence-corrected chi connectivity index (χ1v) is 5.82. The molecule has 0 heterocycles. The van der Waals surface area contributed by atoms with Crippen molar-refractivity contribution < 1.29 is 24.9 Å². The minimum Gasteiger partial charge on any atom is -0.507 e. The van der Waals surface area contributed by atoms with Gasteiger partial charge in [0.15, 0.2) is 0 Å². The molecule has 0 saturated heterocycles. The normalized spacial score (nSPS) is 10.2. The number of phenols is 2. The van der Waals surface area contributed by atoms with E-state index in [-0.39, 0.29) is 5.56 Å². The number of hydrogen-bond acceptors (Lipinski definition) is 7. The average Bonchev–Trinajstić information content (AvgIpc) is 2.46. The van der Waals surface area contributed by atoms with E-state index < -0.39 is 44.1 Å². The zero-order valence-corrected chi connectivity index (χ0v) is 10.8. The van der Waals surface area contributed by atoms with Crippen LogP contribution in [-0.2, 0) is 0 Å². The summed E-state index contributed by atoms with van der Waals surface area (Å²) in [6.07, 6.45) is 0. The summed E-state index contributed by atoms with van der Waals surface area (Å²) >= 11 is 0. The molecule has 0 unspecified atom stereocenters. The van der Waals surface area contributed by atoms with Gasteiger partial charge in [-0.1, -0.05) is 30.3 Å². The van der Waals surface area contributed by atoms with Gasteiger partial charge < -0.3 is 10.2 Å². The fourth-order valence-electron chi connectivity index (χ4n) is 1.91. The van der Waals surface area contributed by atoms with Gasteiger partial charge in [-0.2, -0.15) is 0 Å². The lowest BCUT2D eigenvalue weighted by atomic mass is 10.00. The predicted octanol–water partition coefficient (Wildman–Crippen LogP) is 2.15. The van der Waals surface area contributed by atoms with Crippen LogP contribution >= 0.6 is 0 Å². The summed E-state index contributed by atoms with van der Waals surface area (Å²) in [4.78, 5) is 31.6. The van der Waals surface area contributed by atoms with Crippen molar-refractivity contribution in [3.63, 3.8) is 0 Å². The molecule has 0 radical (unpaired) electrons. The van der Waals surface area contributed by atoms with Crippen LogP contribution in [0.5, 0.6) is 11.5 Å². The largest absolute Gasteiger partial charge is 0.507 e. The van der Waals surface area contributed by atoms with Gasteiger partial charge in [0.25, 0.3) is 0 Å². The first kappa shape index (κ1) is 14.9. The van der Waals surface area contributed by atoms with Gasteiger partial charge in [-0.05, 0) is 0 Å². The molecule has 0 atom stereocenters. The van der Waals surface area contributed by atoms with Crippen LogP contribution in [0.3, 0.4) is 0 Å². The summed E-state index contributed by atoms with van der Waals surface area (Å²) in [7, 11) is 0. The Morgan fingerprint density at radius 1 is 1.00 bits per heavy atom. The number of nitro groups is 2. The molecule has 2 rings (SSSR count). The van der Waals surface area contributed by atoms with Crippen LogP contribution in [0.4, 0.5) is 11.4 Å². The van der Waals surface area contributed by atoms with Crippen molar-refractivity contribution in [3.05, 3.63) is 67.8 Å². The molecule has 0 aromatic heterocycles. The molecule has 9 nitrogen and oxygen atoms in total. The molecule has 0 aliphatic rings. The lowest BCUT2D eigenvalue weighted by Crippen LogP contribution is -2.05. The molecular weight excluding hydrogens is 296 g/mol. The van der Waals surface area contributed by atoms with Crippen LogP contribution in [0.15, 0.2) is 36.4 Å². The Bertz CT molecular complexity index is 787. The molecule has 2 aromatic rings. The minimum absolute atomic E-state index is 0.0521. The number of hydrogen-bond donors (Lipinski definition) is 2. The summed E-state index contributed by atoms with van der Waals surface area (Å²) in [5.41, 5.74) is -3.06. The van der Waals surface area contributed by atoms with Crippen LogP contribution in [0.2, 0.25) is 0 Å². The molecule has 0 spiro atoms. The maximum absolute atomic E-state index is 12.2. The molecule has 2 N–H and O–H groups in total. The quantitative estimate of drug-likeness (QED) is 0.500. The van der Waals surface area contributed by atoms with Crippen LogP contribution in [-0.4, -0.2) is 25.8 Å². The maximum Gasteiger partial charge on any atom is 0.388 e. The van der Waals surface area contributed by atoms with Gasteiger partial charge in [0, 0.05) is 5.56 Å². The summed E-state index contributed by atoms with van der Waals surface area (Å²) in [6, 6.07) is 7.86. The number of benzene rings is 2. The van der Waals surface area contributed by atoms with Gasteiger partial charge in [0.2, 0.25) is 11.5 Å². The average molecular weight is 304 g/mol. The van der Waals surface area contributed by atoms with E-state index in [9.17, 15) is 35.2 Å². The molecular formula is C13H8N2O7. The van der Waals surface area contributed by atoms with Crippen molar-refractivity contribution in [3.8, 4) is 11.5 Å². The van der Waals surface area contributed by atoms with E-state index in [1.54, 1.807) is 6.07 Å². The Kier molecular flexibility index (Phi) is 3.71. The first-order chi connectivity index (χ1) is 10.3. The van der Waals surface area contributed by atoms with E-state index in [1.165, 1.54) is 24.3 Å². The van der Waals surface area contributed by atoms with Gasteiger partial charge in [-0.15, -0.1) is 0 Å². The van der Waals surface area contributed by atoms with Crippen molar-refractivity contribution in [2.75, 3.05) is 0 Å². The number of carbonyl (C=O) groups is 1. The molecule has 0 bridgehead atoms. The number of rotatable bonds is 4. The highest BCUT2D eigenvalue weighted by Crippen LogP contribution is 2.44. The molecule has 0 amide bonds. The lowest BCUT2D eigenvalue weighted by Gasteiger charge is -2.07. The van der Waals surface area contributed by atoms with Gasteiger partial charge in [0.05, 0.1) is 15.9 Å². The standard InChI is InChI=1S/C13H8N2O7/c16-9-6-8(14(19)20)11(15(21)22)13(18)10(9)12(17)7-4-2-1-3-5-7/h1-6,16,18H. The summed E-state index contributed by atoms with van der Waals surface area (Å²) < 4.78 is 0. The maximum atomic E-state index is 12.2. The van der Waals surface area contributed by atoms with Crippen LogP contribution in [0, 0.1) is 20.2 Å². The molecule has 0 fully saturated rings. The van der Waals surface area contributed by atoms with Crippen molar-refractivity contribution in [1.82, 2.24) is 0 Å². The highest BCUT2D eigenvalue weighted by Gasteiger charge is 2.36. The highest BCUT2D eigenvalue weighted by molar-refractivity contribution is 6.13. The van der Waals surface area contributed by atoms with Crippen molar-refractivity contribution in [2.45, 2.75) is 0 Å². The summed E-state index contributed by atoms with van der Waals surface area (Å²) in [5.74, 6) is -3.05. The highest BCUT2D eigenvalue weighted by atomic mass is 16.6. The molecule has 9 heteroatoms. The third-order valence-corrected chi connectivity index (χ3v) is 2.88. The Labute approximate surface area is 122 Å². The topological polar surface area (TPSA) is 144 Å². The van der Waals surface area contributed by atoms with Crippen molar-refractivity contribution in [2.24, 2.45) is 0 Å². The van der Waals surface area contributed by atoms with Gasteiger partial charge >= 0.3 is 11.4 Å². The zero-order chi connectivity index (χ0) is 16.4. The Morgan fingerprint density at radius 2 is 1.59 bits per heavy atom. The van der Waals surface area contributed by atoms with Gasteiger partial charge in [0.1, 0.15) is 11.3 Å². The second-order valence-corrected chi connectivity index (χ2v) is 4.20. The minimum atomic E-state index is -1.25. The molecule has 0 aliphatic carbocycles. The van der Waals surface area contributed by atoms with Crippen LogP contribution < -0.4 is 0 Å². The monoisotopic (exact) mass is 304 g/mol. The van der Waals surface area contributed by atoms with Crippen molar-refractivity contribution >= 4 is 17.2 Å². The number of aromatic hydroxyl groups is 2. The summed E-state index contributed by atoms with van der Waals surface area (Å²) in [6.45, 7) is 0. The van der Waals surface area contributed by atoms with E-state index in [0.717, 1.165) is 0 Å². The first-order valence-electron chi connectivity index (χ1n) is 5.82. The van der Waals surface area contributed by atoms with E-state index in [4.69, 9.17) is 0 Å². The smallest absolute Gasteiger partial charge is 0.388 e. The number of ketones is 1. The van der Waals surface area contributed by atoms with E-state index in [0.29, 0.717) is 6.07 Å². The lowest BCUT2D eigenvalue weighted by molar-refractivity contribution is -0.423. The molecule has 0 saturated carbocycles. The van der Waals surface area contributed by atoms with E-state index in [1.807, 2.05) is 0 Å². The molecule has 2 aromatic carbocycles. The second-order valence-electron chi connectivity index (χ2n) is 4.20. The molecule has 22 heavy (non-hydrogen) atoms. The van der Waals surface area contributed by atoms with Crippen LogP contribution in [0.1, 0.15) is 15.9 Å². The number of nitrogens with zero attached hydrogens (tertiary/aromatic N) is 2. The van der Waals surface area contributed by atoms with Gasteiger partial charge in [-0.25, -0.2) is 0 Å². The number of phenolic OH excluding ortho intramolecular Hbond substituents is 2. The van der Waals surface area contributed by atoms with Gasteiger partial charge in [-0.3, -0.25) is 25.0 Å². The predicted molar refractivity (Wildman–Crippen MR) is 73.0 cm³/mol. The number of nitro benzene ring substituents is 2.